The van der Waals surface area contributed by atoms with Gasteiger partial charge in [0.1, 0.15) is 5.69 Å². The van der Waals surface area contributed by atoms with Crippen molar-refractivity contribution in [2.75, 3.05) is 11.9 Å². The lowest BCUT2D eigenvalue weighted by atomic mass is 9.99. The van der Waals surface area contributed by atoms with E-state index in [1.54, 1.807) is 17.7 Å². The zero-order chi connectivity index (χ0) is 24.0. The molecule has 0 aliphatic carbocycles. The highest BCUT2D eigenvalue weighted by atomic mass is 16.2. The molecule has 3 aromatic rings. The highest BCUT2D eigenvalue weighted by molar-refractivity contribution is 5.93. The molecule has 170 valence electrons. The Morgan fingerprint density at radius 1 is 1.06 bits per heavy atom. The monoisotopic (exact) mass is 441 g/mol. The summed E-state index contributed by atoms with van der Waals surface area (Å²) >= 11 is 0. The van der Waals surface area contributed by atoms with Crippen LogP contribution >= 0.6 is 0 Å². The van der Waals surface area contributed by atoms with Crippen LogP contribution in [0.5, 0.6) is 0 Å². The third-order valence-corrected chi connectivity index (χ3v) is 5.87. The van der Waals surface area contributed by atoms with E-state index in [0.29, 0.717) is 17.8 Å². The first-order valence-electron chi connectivity index (χ1n) is 11.5. The number of aromatic nitrogens is 1. The van der Waals surface area contributed by atoms with E-state index >= 15 is 0 Å². The van der Waals surface area contributed by atoms with E-state index in [1.807, 2.05) is 68.4 Å². The highest BCUT2D eigenvalue weighted by Gasteiger charge is 2.19. The number of aryl methyl sites for hydroxylation is 1. The molecule has 0 unspecified atom stereocenters. The molecule has 3 rings (SSSR count). The second-order valence-electron chi connectivity index (χ2n) is 8.61. The van der Waals surface area contributed by atoms with Crippen molar-refractivity contribution in [1.82, 2.24) is 4.57 Å². The quantitative estimate of drug-likeness (QED) is 0.470. The average Bonchev–Trinajstić information content (AvgIpc) is 2.83. The first kappa shape index (κ1) is 24.0. The molecule has 0 spiro atoms. The number of rotatable bonds is 8. The van der Waals surface area contributed by atoms with Crippen LogP contribution < -0.4 is 10.5 Å². The topological polar surface area (TPSA) is 66.1 Å². The molecule has 0 aliphatic rings. The maximum Gasteiger partial charge on any atom is 0.275 e. The van der Waals surface area contributed by atoms with Gasteiger partial charge in [0.05, 0.1) is 18.2 Å². The summed E-state index contributed by atoms with van der Waals surface area (Å²) in [7, 11) is 1.66. The summed E-state index contributed by atoms with van der Waals surface area (Å²) in [6, 6.07) is 21.5. The van der Waals surface area contributed by atoms with Crippen molar-refractivity contribution in [3.05, 3.63) is 87.8 Å². The summed E-state index contributed by atoms with van der Waals surface area (Å²) in [6.45, 7) is 6.22. The molecular formula is C28H31N3O2. The van der Waals surface area contributed by atoms with Crippen LogP contribution in [0.2, 0.25) is 0 Å². The van der Waals surface area contributed by atoms with Crippen LogP contribution in [0, 0.1) is 17.2 Å². The zero-order valence-electron chi connectivity index (χ0n) is 19.8. The molecule has 0 aliphatic heterocycles. The van der Waals surface area contributed by atoms with E-state index in [4.69, 9.17) is 0 Å². The minimum Gasteiger partial charge on any atom is -0.310 e. The maximum atomic E-state index is 13.4. The summed E-state index contributed by atoms with van der Waals surface area (Å²) in [5.41, 5.74) is 4.69. The number of carbonyl (C=O) groups is 1. The SMILES string of the molecule is CCCCc1ccc(N(C)C(=O)C(C)C)c(=O)n1Cc1ccc(-c2ccccc2C#N)cc1. The maximum absolute atomic E-state index is 13.4. The number of unbranched alkanes of at least 4 members (excludes halogenated alkanes) is 1. The molecule has 1 heterocycles. The van der Waals surface area contributed by atoms with Gasteiger partial charge < -0.3 is 9.47 Å². The molecule has 0 bridgehead atoms. The fourth-order valence-electron chi connectivity index (χ4n) is 3.92. The zero-order valence-corrected chi connectivity index (χ0v) is 19.8. The number of benzene rings is 2. The Kier molecular flexibility index (Phi) is 7.84. The van der Waals surface area contributed by atoms with Gasteiger partial charge in [-0.2, -0.15) is 5.26 Å². The van der Waals surface area contributed by atoms with E-state index in [0.717, 1.165) is 41.6 Å². The van der Waals surface area contributed by atoms with E-state index in [9.17, 15) is 14.9 Å². The van der Waals surface area contributed by atoms with Gasteiger partial charge in [-0.3, -0.25) is 9.59 Å². The van der Waals surface area contributed by atoms with Gasteiger partial charge >= 0.3 is 0 Å². The molecule has 0 atom stereocenters. The fourth-order valence-corrected chi connectivity index (χ4v) is 3.92. The molecule has 1 aromatic heterocycles. The number of hydrogen-bond donors (Lipinski definition) is 0. The van der Waals surface area contributed by atoms with Crippen molar-refractivity contribution in [3.63, 3.8) is 0 Å². The predicted molar refractivity (Wildman–Crippen MR) is 133 cm³/mol. The van der Waals surface area contributed by atoms with E-state index in [2.05, 4.69) is 13.0 Å². The molecule has 0 saturated heterocycles. The molecule has 0 saturated carbocycles. The molecule has 33 heavy (non-hydrogen) atoms. The Balaban J connectivity index is 1.97. The lowest BCUT2D eigenvalue weighted by Gasteiger charge is -2.22. The van der Waals surface area contributed by atoms with Crippen LogP contribution in [0.4, 0.5) is 5.69 Å². The molecule has 5 nitrogen and oxygen atoms in total. The molecule has 0 N–H and O–H groups in total. The summed E-state index contributed by atoms with van der Waals surface area (Å²) in [5, 5.41) is 9.39. The van der Waals surface area contributed by atoms with Crippen molar-refractivity contribution in [2.24, 2.45) is 5.92 Å². The molecular weight excluding hydrogens is 410 g/mol. The van der Waals surface area contributed by atoms with Crippen molar-refractivity contribution >= 4 is 11.6 Å². The van der Waals surface area contributed by atoms with Gasteiger partial charge in [0.2, 0.25) is 5.91 Å². The molecule has 1 amide bonds. The third kappa shape index (κ3) is 5.40. The number of amides is 1. The highest BCUT2D eigenvalue weighted by Crippen LogP contribution is 2.24. The van der Waals surface area contributed by atoms with Crippen LogP contribution in [-0.2, 0) is 17.8 Å². The van der Waals surface area contributed by atoms with Crippen LogP contribution in [-0.4, -0.2) is 17.5 Å². The molecule has 5 heteroatoms. The van der Waals surface area contributed by atoms with Crippen LogP contribution in [0.15, 0.2) is 65.5 Å². The normalized spacial score (nSPS) is 10.8. The number of pyridine rings is 1. The predicted octanol–water partition coefficient (Wildman–Crippen LogP) is 5.40. The van der Waals surface area contributed by atoms with Gasteiger partial charge in [-0.05, 0) is 47.7 Å². The van der Waals surface area contributed by atoms with Gasteiger partial charge in [0, 0.05) is 18.7 Å². The summed E-state index contributed by atoms with van der Waals surface area (Å²) in [5.74, 6) is -0.271. The van der Waals surface area contributed by atoms with E-state index in [-0.39, 0.29) is 17.4 Å². The van der Waals surface area contributed by atoms with Gasteiger partial charge in [-0.15, -0.1) is 0 Å². The Morgan fingerprint density at radius 3 is 2.39 bits per heavy atom. The minimum atomic E-state index is -0.188. The number of nitrogens with zero attached hydrogens (tertiary/aromatic N) is 3. The van der Waals surface area contributed by atoms with Crippen LogP contribution in [0.25, 0.3) is 11.1 Å². The van der Waals surface area contributed by atoms with Gasteiger partial charge in [-0.25, -0.2) is 0 Å². The Bertz CT molecular complexity index is 1220. The summed E-state index contributed by atoms with van der Waals surface area (Å²) in [6.07, 6.45) is 2.83. The van der Waals surface area contributed by atoms with Crippen molar-refractivity contribution in [2.45, 2.75) is 46.6 Å². The van der Waals surface area contributed by atoms with Crippen molar-refractivity contribution in [1.29, 1.82) is 5.26 Å². The Morgan fingerprint density at radius 2 is 1.76 bits per heavy atom. The van der Waals surface area contributed by atoms with Crippen LogP contribution in [0.3, 0.4) is 0 Å². The average molecular weight is 442 g/mol. The molecule has 2 aromatic carbocycles. The Labute approximate surface area is 195 Å². The number of carbonyl (C=O) groups excluding carboxylic acids is 1. The summed E-state index contributed by atoms with van der Waals surface area (Å²) in [4.78, 5) is 27.4. The largest absolute Gasteiger partial charge is 0.310 e. The summed E-state index contributed by atoms with van der Waals surface area (Å²) < 4.78 is 1.79. The lowest BCUT2D eigenvalue weighted by Crippen LogP contribution is -2.37. The first-order valence-corrected chi connectivity index (χ1v) is 11.5. The second kappa shape index (κ2) is 10.8. The fraction of sp³-hybridized carbons (Fsp3) is 0.321. The van der Waals surface area contributed by atoms with Gasteiger partial charge in [-0.1, -0.05) is 69.7 Å². The number of nitriles is 1. The lowest BCUT2D eigenvalue weighted by molar-refractivity contribution is -0.121. The molecule has 0 radical (unpaired) electrons. The van der Waals surface area contributed by atoms with Crippen molar-refractivity contribution < 1.29 is 4.79 Å². The first-order chi connectivity index (χ1) is 15.9. The third-order valence-electron chi connectivity index (χ3n) is 5.87. The standard InChI is InChI=1S/C28H31N3O2/c1-5-6-10-24-16-17-26(30(4)27(32)20(2)3)28(33)31(24)19-21-12-14-22(15-13-21)25-11-8-7-9-23(25)18-29/h7-9,11-17,20H,5-6,10,19H2,1-4H3. The number of hydrogen-bond acceptors (Lipinski definition) is 3. The van der Waals surface area contributed by atoms with Crippen molar-refractivity contribution in [3.8, 4) is 17.2 Å². The van der Waals surface area contributed by atoms with Crippen LogP contribution in [0.1, 0.15) is 50.4 Å². The number of anilines is 1. The Hall–Kier alpha value is -3.65. The molecule has 0 fully saturated rings. The smallest absolute Gasteiger partial charge is 0.275 e. The van der Waals surface area contributed by atoms with Gasteiger partial charge in [0.25, 0.3) is 5.56 Å². The van der Waals surface area contributed by atoms with E-state index in [1.165, 1.54) is 4.90 Å². The van der Waals surface area contributed by atoms with Gasteiger partial charge in [0.15, 0.2) is 0 Å². The minimum absolute atomic E-state index is 0.0829. The van der Waals surface area contributed by atoms with E-state index < -0.39 is 0 Å². The second-order valence-corrected chi connectivity index (χ2v) is 8.61.